The Labute approximate surface area is 196 Å². The first-order chi connectivity index (χ1) is 15.5. The van der Waals surface area contributed by atoms with Gasteiger partial charge in [-0.3, -0.25) is 9.78 Å². The molecule has 8 heteroatoms. The van der Waals surface area contributed by atoms with Crippen molar-refractivity contribution < 1.29 is 24.1 Å². The van der Waals surface area contributed by atoms with Crippen molar-refractivity contribution in [2.45, 2.75) is 37.0 Å². The van der Waals surface area contributed by atoms with Crippen molar-refractivity contribution in [3.63, 3.8) is 0 Å². The number of rotatable bonds is 7. The molecule has 32 heavy (non-hydrogen) atoms. The van der Waals surface area contributed by atoms with Crippen molar-refractivity contribution in [3.05, 3.63) is 82.9 Å². The van der Waals surface area contributed by atoms with E-state index in [2.05, 4.69) is 4.98 Å². The van der Waals surface area contributed by atoms with E-state index in [4.69, 9.17) is 42.5 Å². The molecule has 1 unspecified atom stereocenters. The number of carboxylic acid groups (broad SMARTS) is 1. The Morgan fingerprint density at radius 2 is 2.16 bits per heavy atom. The highest BCUT2D eigenvalue weighted by molar-refractivity contribution is 6.31. The van der Waals surface area contributed by atoms with Gasteiger partial charge in [0.25, 0.3) is 0 Å². The van der Waals surface area contributed by atoms with Crippen molar-refractivity contribution in [3.8, 4) is 5.75 Å². The van der Waals surface area contributed by atoms with E-state index in [-0.39, 0.29) is 18.4 Å². The zero-order valence-corrected chi connectivity index (χ0v) is 18.7. The van der Waals surface area contributed by atoms with Crippen LogP contribution >= 0.6 is 23.2 Å². The topological polar surface area (TPSA) is 77.9 Å². The van der Waals surface area contributed by atoms with Crippen LogP contribution in [0.4, 0.5) is 0 Å². The van der Waals surface area contributed by atoms with Gasteiger partial charge in [-0.05, 0) is 42.7 Å². The number of nitrogens with zero attached hydrogens (tertiary/aromatic N) is 1. The lowest BCUT2D eigenvalue weighted by atomic mass is 9.92. The van der Waals surface area contributed by atoms with Crippen molar-refractivity contribution in [1.82, 2.24) is 4.98 Å². The SMILES string of the molecule is O=C(O)CCC=CC[C@@H]1CO[C@H](C2=COc3ccc(Cl)cc3C2Cl)O[C@@H]1c1cccnc1. The molecule has 168 valence electrons. The van der Waals surface area contributed by atoms with Crippen molar-refractivity contribution in [2.24, 2.45) is 5.92 Å². The summed E-state index contributed by atoms with van der Waals surface area (Å²) in [6.07, 6.45) is 9.29. The van der Waals surface area contributed by atoms with Crippen LogP contribution in [-0.2, 0) is 14.3 Å². The molecular formula is C24H23Cl2NO5. The van der Waals surface area contributed by atoms with Crippen molar-refractivity contribution in [2.75, 3.05) is 6.61 Å². The van der Waals surface area contributed by atoms with Gasteiger partial charge >= 0.3 is 5.97 Å². The number of allylic oxidation sites excluding steroid dienone is 2. The maximum atomic E-state index is 10.7. The number of alkyl halides is 1. The highest BCUT2D eigenvalue weighted by Crippen LogP contribution is 2.45. The van der Waals surface area contributed by atoms with Crippen LogP contribution in [0.2, 0.25) is 5.02 Å². The van der Waals surface area contributed by atoms with Crippen LogP contribution in [0.5, 0.6) is 5.75 Å². The average Bonchev–Trinajstić information content (AvgIpc) is 2.80. The fourth-order valence-corrected chi connectivity index (χ4v) is 4.31. The second-order valence-electron chi connectivity index (χ2n) is 7.69. The first-order valence-electron chi connectivity index (χ1n) is 10.4. The lowest BCUT2D eigenvalue weighted by Crippen LogP contribution is -2.37. The summed E-state index contributed by atoms with van der Waals surface area (Å²) in [6.45, 7) is 0.441. The molecule has 2 aliphatic rings. The first-order valence-corrected chi connectivity index (χ1v) is 11.2. The number of aromatic nitrogens is 1. The summed E-state index contributed by atoms with van der Waals surface area (Å²) in [5, 5.41) is 8.87. The molecule has 1 fully saturated rings. The molecule has 2 aromatic rings. The molecule has 1 aromatic heterocycles. The smallest absolute Gasteiger partial charge is 0.303 e. The molecule has 1 saturated heterocycles. The molecule has 0 saturated carbocycles. The number of pyridine rings is 1. The molecule has 0 spiro atoms. The molecule has 2 aliphatic heterocycles. The number of aliphatic carboxylic acids is 1. The summed E-state index contributed by atoms with van der Waals surface area (Å²) in [5.74, 6) is -0.115. The number of carbonyl (C=O) groups is 1. The Bertz CT molecular complexity index is 1010. The standard InChI is InChI=1S/C24H23Cl2NO5/c25-17-8-9-20-18(11-17)22(26)19(14-30-20)24-31-13-16(5-2-1-3-7-21(28)29)23(32-24)15-6-4-10-27-12-15/h1-2,4,6,8-12,14,16,22-24H,3,5,7,13H2,(H,28,29)/t16-,22?,23-,24+/m1/s1. The predicted molar refractivity (Wildman–Crippen MR) is 121 cm³/mol. The Balaban J connectivity index is 1.50. The molecule has 0 amide bonds. The second kappa shape index (κ2) is 10.5. The quantitative estimate of drug-likeness (QED) is 0.400. The van der Waals surface area contributed by atoms with Crippen LogP contribution in [0.15, 0.2) is 66.7 Å². The number of hydrogen-bond donors (Lipinski definition) is 1. The summed E-state index contributed by atoms with van der Waals surface area (Å²) in [6, 6.07) is 9.17. The van der Waals surface area contributed by atoms with Crippen LogP contribution in [0, 0.1) is 5.92 Å². The summed E-state index contributed by atoms with van der Waals surface area (Å²) >= 11 is 12.9. The fourth-order valence-electron chi connectivity index (χ4n) is 3.81. The zero-order chi connectivity index (χ0) is 22.5. The lowest BCUT2D eigenvalue weighted by Gasteiger charge is -2.39. The average molecular weight is 476 g/mol. The minimum Gasteiger partial charge on any atom is -0.481 e. The second-order valence-corrected chi connectivity index (χ2v) is 8.56. The van der Waals surface area contributed by atoms with Gasteiger partial charge in [0.2, 0.25) is 0 Å². The summed E-state index contributed by atoms with van der Waals surface area (Å²) in [7, 11) is 0. The van der Waals surface area contributed by atoms with Gasteiger partial charge in [-0.2, -0.15) is 0 Å². The predicted octanol–water partition coefficient (Wildman–Crippen LogP) is 5.83. The van der Waals surface area contributed by atoms with E-state index >= 15 is 0 Å². The van der Waals surface area contributed by atoms with Gasteiger partial charge in [-0.1, -0.05) is 29.8 Å². The Hall–Kier alpha value is -2.38. The maximum Gasteiger partial charge on any atom is 0.303 e. The number of hydrogen-bond acceptors (Lipinski definition) is 5. The molecule has 4 atom stereocenters. The minimum atomic E-state index is -0.809. The molecule has 4 rings (SSSR count). The van der Waals surface area contributed by atoms with E-state index in [1.54, 1.807) is 36.9 Å². The van der Waals surface area contributed by atoms with E-state index < -0.39 is 17.6 Å². The van der Waals surface area contributed by atoms with Gasteiger partial charge in [-0.15, -0.1) is 11.6 Å². The van der Waals surface area contributed by atoms with Crippen LogP contribution in [0.25, 0.3) is 0 Å². The van der Waals surface area contributed by atoms with Gasteiger partial charge in [0.1, 0.15) is 5.75 Å². The van der Waals surface area contributed by atoms with Gasteiger partial charge < -0.3 is 19.3 Å². The molecular weight excluding hydrogens is 453 g/mol. The van der Waals surface area contributed by atoms with E-state index in [9.17, 15) is 4.79 Å². The normalized spacial score (nSPS) is 25.1. The number of fused-ring (bicyclic) bond motifs is 1. The summed E-state index contributed by atoms with van der Waals surface area (Å²) < 4.78 is 18.2. The van der Waals surface area contributed by atoms with E-state index in [0.717, 1.165) is 11.1 Å². The monoisotopic (exact) mass is 475 g/mol. The van der Waals surface area contributed by atoms with Crippen LogP contribution in [0.1, 0.15) is 41.9 Å². The molecule has 0 bridgehead atoms. The Morgan fingerprint density at radius 3 is 2.94 bits per heavy atom. The van der Waals surface area contributed by atoms with Crippen LogP contribution in [0.3, 0.4) is 0 Å². The fraction of sp³-hybridized carbons (Fsp3) is 0.333. The molecule has 3 heterocycles. The van der Waals surface area contributed by atoms with Gasteiger partial charge in [0.15, 0.2) is 6.29 Å². The molecule has 0 aliphatic carbocycles. The van der Waals surface area contributed by atoms with E-state index in [1.807, 2.05) is 24.3 Å². The van der Waals surface area contributed by atoms with Crippen molar-refractivity contribution in [1.29, 1.82) is 0 Å². The highest BCUT2D eigenvalue weighted by atomic mass is 35.5. The largest absolute Gasteiger partial charge is 0.481 e. The Kier molecular flexibility index (Phi) is 7.48. The Morgan fingerprint density at radius 1 is 1.28 bits per heavy atom. The molecule has 1 N–H and O–H groups in total. The van der Waals surface area contributed by atoms with Gasteiger partial charge in [-0.25, -0.2) is 0 Å². The number of benzene rings is 1. The third-order valence-electron chi connectivity index (χ3n) is 5.44. The number of ether oxygens (including phenoxy) is 3. The van der Waals surface area contributed by atoms with Crippen LogP contribution < -0.4 is 4.74 Å². The number of carboxylic acids is 1. The summed E-state index contributed by atoms with van der Waals surface area (Å²) in [4.78, 5) is 14.9. The van der Waals surface area contributed by atoms with E-state index in [0.29, 0.717) is 35.8 Å². The third kappa shape index (κ3) is 5.33. The van der Waals surface area contributed by atoms with Crippen molar-refractivity contribution >= 4 is 29.2 Å². The maximum absolute atomic E-state index is 10.7. The lowest BCUT2D eigenvalue weighted by molar-refractivity contribution is -0.222. The first kappa shape index (κ1) is 22.8. The number of halogens is 2. The van der Waals surface area contributed by atoms with Gasteiger partial charge in [0.05, 0.1) is 24.4 Å². The molecule has 1 aromatic carbocycles. The summed E-state index contributed by atoms with van der Waals surface area (Å²) in [5.41, 5.74) is 2.38. The molecule has 0 radical (unpaired) electrons. The zero-order valence-electron chi connectivity index (χ0n) is 17.2. The van der Waals surface area contributed by atoms with E-state index in [1.165, 1.54) is 0 Å². The van der Waals surface area contributed by atoms with Gasteiger partial charge in [0, 0.05) is 40.9 Å². The molecule has 6 nitrogen and oxygen atoms in total. The van der Waals surface area contributed by atoms with Crippen LogP contribution in [-0.4, -0.2) is 29.0 Å². The third-order valence-corrected chi connectivity index (χ3v) is 6.16. The highest BCUT2D eigenvalue weighted by Gasteiger charge is 2.38. The minimum absolute atomic E-state index is 0.0390.